The second kappa shape index (κ2) is 4.83. The average Bonchev–Trinajstić information content (AvgIpc) is 1.99. The highest BCUT2D eigenvalue weighted by molar-refractivity contribution is 4.78. The quantitative estimate of drug-likeness (QED) is 0.691. The van der Waals surface area contributed by atoms with Crippen molar-refractivity contribution in [1.82, 2.24) is 0 Å². The molecule has 0 aliphatic carbocycles. The molecule has 0 radical (unpaired) electrons. The molecular weight excluding hydrogens is 152 g/mol. The van der Waals surface area contributed by atoms with Crippen molar-refractivity contribution in [3.8, 4) is 0 Å². The van der Waals surface area contributed by atoms with Crippen molar-refractivity contribution in [2.45, 2.75) is 40.2 Å². The molecule has 1 N–H and O–H groups in total. The molecule has 0 aliphatic rings. The Hall–Kier alpha value is -0.0800. The number of hydrogen-bond acceptors (Lipinski definition) is 2. The van der Waals surface area contributed by atoms with E-state index >= 15 is 0 Å². The van der Waals surface area contributed by atoms with E-state index in [9.17, 15) is 0 Å². The molecule has 74 valence electrons. The Morgan fingerprint density at radius 1 is 1.25 bits per heavy atom. The molecule has 0 heterocycles. The van der Waals surface area contributed by atoms with Crippen molar-refractivity contribution in [2.24, 2.45) is 11.8 Å². The van der Waals surface area contributed by atoms with Gasteiger partial charge in [-0.1, -0.05) is 20.8 Å². The van der Waals surface area contributed by atoms with Crippen LogP contribution in [-0.4, -0.2) is 23.9 Å². The molecule has 0 bridgehead atoms. The largest absolute Gasteiger partial charge is 0.394 e. The summed E-state index contributed by atoms with van der Waals surface area (Å²) in [6.45, 7) is 11.3. The van der Waals surface area contributed by atoms with Gasteiger partial charge in [0.2, 0.25) is 0 Å². The summed E-state index contributed by atoms with van der Waals surface area (Å²) in [5.41, 5.74) is -0.128. The standard InChI is InChI=1S/C10H22O2/c1-8(2)9(3)10(4,5)12-7-6-11/h8-9,11H,6-7H2,1-5H3. The predicted molar refractivity (Wildman–Crippen MR) is 51.1 cm³/mol. The van der Waals surface area contributed by atoms with Gasteiger partial charge in [-0.2, -0.15) is 0 Å². The van der Waals surface area contributed by atoms with Gasteiger partial charge >= 0.3 is 0 Å². The number of rotatable bonds is 5. The first-order chi connectivity index (χ1) is 5.41. The van der Waals surface area contributed by atoms with E-state index in [2.05, 4.69) is 34.6 Å². The smallest absolute Gasteiger partial charge is 0.0705 e. The Labute approximate surface area is 75.9 Å². The van der Waals surface area contributed by atoms with Gasteiger partial charge in [-0.05, 0) is 25.7 Å². The zero-order chi connectivity index (χ0) is 9.78. The third kappa shape index (κ3) is 3.55. The fourth-order valence-corrected chi connectivity index (χ4v) is 1.24. The van der Waals surface area contributed by atoms with Crippen molar-refractivity contribution in [3.05, 3.63) is 0 Å². The zero-order valence-electron chi connectivity index (χ0n) is 8.92. The summed E-state index contributed by atoms with van der Waals surface area (Å²) in [7, 11) is 0. The van der Waals surface area contributed by atoms with Crippen molar-refractivity contribution in [3.63, 3.8) is 0 Å². The third-order valence-corrected chi connectivity index (χ3v) is 2.66. The molecule has 0 spiro atoms. The first-order valence-electron chi connectivity index (χ1n) is 4.66. The SMILES string of the molecule is CC(C)C(C)C(C)(C)OCCO. The van der Waals surface area contributed by atoms with E-state index in [-0.39, 0.29) is 12.2 Å². The molecular formula is C10H22O2. The van der Waals surface area contributed by atoms with E-state index in [4.69, 9.17) is 9.84 Å². The fraction of sp³-hybridized carbons (Fsp3) is 1.00. The predicted octanol–water partition coefficient (Wildman–Crippen LogP) is 2.07. The van der Waals surface area contributed by atoms with Crippen LogP contribution in [0.2, 0.25) is 0 Å². The molecule has 0 aromatic heterocycles. The van der Waals surface area contributed by atoms with Crippen LogP contribution >= 0.6 is 0 Å². The van der Waals surface area contributed by atoms with Gasteiger partial charge in [0.25, 0.3) is 0 Å². The summed E-state index contributed by atoms with van der Waals surface area (Å²) in [4.78, 5) is 0. The topological polar surface area (TPSA) is 29.5 Å². The molecule has 0 rings (SSSR count). The molecule has 0 saturated carbocycles. The maximum absolute atomic E-state index is 8.62. The van der Waals surface area contributed by atoms with Crippen LogP contribution in [0.25, 0.3) is 0 Å². The lowest BCUT2D eigenvalue weighted by molar-refractivity contribution is -0.0777. The lowest BCUT2D eigenvalue weighted by atomic mass is 9.83. The normalized spacial score (nSPS) is 15.2. The van der Waals surface area contributed by atoms with Gasteiger partial charge in [0.15, 0.2) is 0 Å². The molecule has 1 unspecified atom stereocenters. The minimum absolute atomic E-state index is 0.105. The number of ether oxygens (including phenoxy) is 1. The van der Waals surface area contributed by atoms with E-state index in [1.807, 2.05) is 0 Å². The lowest BCUT2D eigenvalue weighted by Crippen LogP contribution is -2.36. The van der Waals surface area contributed by atoms with Gasteiger partial charge in [-0.3, -0.25) is 0 Å². The van der Waals surface area contributed by atoms with Crippen LogP contribution in [0.3, 0.4) is 0 Å². The summed E-state index contributed by atoms with van der Waals surface area (Å²) < 4.78 is 5.55. The van der Waals surface area contributed by atoms with E-state index in [0.29, 0.717) is 18.4 Å². The first kappa shape index (κ1) is 11.9. The van der Waals surface area contributed by atoms with Gasteiger partial charge in [0, 0.05) is 0 Å². The van der Waals surface area contributed by atoms with Crippen LogP contribution in [0.5, 0.6) is 0 Å². The zero-order valence-corrected chi connectivity index (χ0v) is 8.92. The van der Waals surface area contributed by atoms with Gasteiger partial charge in [0.1, 0.15) is 0 Å². The summed E-state index contributed by atoms with van der Waals surface area (Å²) in [5, 5.41) is 8.62. The highest BCUT2D eigenvalue weighted by atomic mass is 16.5. The molecule has 0 fully saturated rings. The number of hydrogen-bond donors (Lipinski definition) is 1. The van der Waals surface area contributed by atoms with Crippen LogP contribution < -0.4 is 0 Å². The van der Waals surface area contributed by atoms with Crippen LogP contribution in [0, 0.1) is 11.8 Å². The van der Waals surface area contributed by atoms with Gasteiger partial charge in [0.05, 0.1) is 18.8 Å². The van der Waals surface area contributed by atoms with Crippen LogP contribution in [0.1, 0.15) is 34.6 Å². The lowest BCUT2D eigenvalue weighted by Gasteiger charge is -2.34. The molecule has 0 aromatic carbocycles. The summed E-state index contributed by atoms with van der Waals surface area (Å²) >= 11 is 0. The molecule has 2 nitrogen and oxygen atoms in total. The van der Waals surface area contributed by atoms with E-state index in [0.717, 1.165) is 0 Å². The Bertz CT molecular complexity index is 119. The second-order valence-corrected chi connectivity index (χ2v) is 4.21. The fourth-order valence-electron chi connectivity index (χ4n) is 1.24. The monoisotopic (exact) mass is 174 g/mol. The van der Waals surface area contributed by atoms with Crippen molar-refractivity contribution in [2.75, 3.05) is 13.2 Å². The molecule has 12 heavy (non-hydrogen) atoms. The summed E-state index contributed by atoms with van der Waals surface area (Å²) in [6, 6.07) is 0. The summed E-state index contributed by atoms with van der Waals surface area (Å²) in [6.07, 6.45) is 0. The minimum atomic E-state index is -0.128. The highest BCUT2D eigenvalue weighted by Gasteiger charge is 2.28. The molecule has 0 aromatic rings. The summed E-state index contributed by atoms with van der Waals surface area (Å²) in [5.74, 6) is 1.11. The van der Waals surface area contributed by atoms with Crippen LogP contribution in [0.4, 0.5) is 0 Å². The van der Waals surface area contributed by atoms with Gasteiger partial charge < -0.3 is 9.84 Å². The molecule has 0 saturated heterocycles. The maximum Gasteiger partial charge on any atom is 0.0705 e. The van der Waals surface area contributed by atoms with E-state index in [1.165, 1.54) is 0 Å². The Morgan fingerprint density at radius 2 is 1.75 bits per heavy atom. The van der Waals surface area contributed by atoms with Crippen LogP contribution in [0.15, 0.2) is 0 Å². The Balaban J connectivity index is 3.99. The molecule has 2 heteroatoms. The van der Waals surface area contributed by atoms with Gasteiger partial charge in [-0.15, -0.1) is 0 Å². The molecule has 1 atom stereocenters. The first-order valence-corrected chi connectivity index (χ1v) is 4.66. The van der Waals surface area contributed by atoms with E-state index < -0.39 is 0 Å². The van der Waals surface area contributed by atoms with Crippen molar-refractivity contribution < 1.29 is 9.84 Å². The molecule has 0 amide bonds. The minimum Gasteiger partial charge on any atom is -0.394 e. The van der Waals surface area contributed by atoms with Crippen molar-refractivity contribution in [1.29, 1.82) is 0 Å². The average molecular weight is 174 g/mol. The third-order valence-electron chi connectivity index (χ3n) is 2.66. The van der Waals surface area contributed by atoms with E-state index in [1.54, 1.807) is 0 Å². The second-order valence-electron chi connectivity index (χ2n) is 4.21. The number of aliphatic hydroxyl groups excluding tert-OH is 1. The van der Waals surface area contributed by atoms with Crippen molar-refractivity contribution >= 4 is 0 Å². The maximum atomic E-state index is 8.62. The highest BCUT2D eigenvalue weighted by Crippen LogP contribution is 2.27. The Morgan fingerprint density at radius 3 is 2.08 bits per heavy atom. The van der Waals surface area contributed by atoms with Gasteiger partial charge in [-0.25, -0.2) is 0 Å². The van der Waals surface area contributed by atoms with Crippen LogP contribution in [-0.2, 0) is 4.74 Å². The Kier molecular flexibility index (Phi) is 4.80. The number of aliphatic hydroxyl groups is 1. The molecule has 0 aliphatic heterocycles.